The second-order valence-electron chi connectivity index (χ2n) is 5.79. The zero-order chi connectivity index (χ0) is 17.0. The number of aliphatic hydroxyl groups excluding tert-OH is 1. The van der Waals surface area contributed by atoms with Crippen LogP contribution in [0.25, 0.3) is 0 Å². The van der Waals surface area contributed by atoms with Crippen LogP contribution in [-0.2, 0) is 6.54 Å². The molecule has 0 aliphatic carbocycles. The topological polar surface area (TPSA) is 41.9 Å². The monoisotopic (exact) mass is 333 g/mol. The van der Waals surface area contributed by atoms with Crippen LogP contribution >= 0.6 is 0 Å². The summed E-state index contributed by atoms with van der Waals surface area (Å²) in [7, 11) is 3.12. The number of methoxy groups -OCH3 is 2. The summed E-state index contributed by atoms with van der Waals surface area (Å²) in [5, 5.41) is 9.34. The number of hydrogen-bond acceptors (Lipinski definition) is 4. The lowest BCUT2D eigenvalue weighted by molar-refractivity contribution is -0.223. The van der Waals surface area contributed by atoms with Crippen LogP contribution in [0.3, 0.4) is 0 Å². The fraction of sp³-hybridized carbons (Fsp3) is 0.625. The number of benzene rings is 1. The minimum absolute atomic E-state index is 0.341. The second-order valence-corrected chi connectivity index (χ2v) is 5.79. The molecule has 0 radical (unpaired) electrons. The average molecular weight is 333 g/mol. The van der Waals surface area contributed by atoms with E-state index in [2.05, 4.69) is 4.90 Å². The highest BCUT2D eigenvalue weighted by atomic mass is 19.4. The highest BCUT2D eigenvalue weighted by molar-refractivity contribution is 5.42. The highest BCUT2D eigenvalue weighted by Crippen LogP contribution is 2.32. The molecule has 7 heteroatoms. The Morgan fingerprint density at radius 3 is 2.30 bits per heavy atom. The number of aliphatic hydroxyl groups is 1. The first-order chi connectivity index (χ1) is 10.8. The van der Waals surface area contributed by atoms with Crippen molar-refractivity contribution in [3.05, 3.63) is 23.8 Å². The Morgan fingerprint density at radius 2 is 1.78 bits per heavy atom. The molecule has 1 fully saturated rings. The average Bonchev–Trinajstić information content (AvgIpc) is 2.54. The molecule has 1 aliphatic rings. The van der Waals surface area contributed by atoms with Gasteiger partial charge >= 0.3 is 6.18 Å². The lowest BCUT2D eigenvalue weighted by Crippen LogP contribution is -2.43. The molecule has 1 saturated heterocycles. The predicted octanol–water partition coefficient (Wildman–Crippen LogP) is 2.84. The van der Waals surface area contributed by atoms with Gasteiger partial charge in [-0.15, -0.1) is 0 Å². The summed E-state index contributed by atoms with van der Waals surface area (Å²) in [5.41, 5.74) is 1.01. The summed E-state index contributed by atoms with van der Waals surface area (Å²) in [4.78, 5) is 2.08. The number of alkyl halides is 3. The van der Waals surface area contributed by atoms with Gasteiger partial charge in [-0.2, -0.15) is 13.2 Å². The van der Waals surface area contributed by atoms with E-state index >= 15 is 0 Å². The number of likely N-dealkylation sites (tertiary alicyclic amines) is 1. The molecule has 1 unspecified atom stereocenters. The lowest BCUT2D eigenvalue weighted by atomic mass is 9.90. The van der Waals surface area contributed by atoms with E-state index in [0.29, 0.717) is 44.0 Å². The molecule has 1 heterocycles. The first kappa shape index (κ1) is 17.9. The Hall–Kier alpha value is -1.47. The molecule has 0 amide bonds. The Kier molecular flexibility index (Phi) is 5.75. The summed E-state index contributed by atoms with van der Waals surface area (Å²) in [6.07, 6.45) is -6.07. The Morgan fingerprint density at radius 1 is 1.17 bits per heavy atom. The first-order valence-electron chi connectivity index (χ1n) is 7.53. The van der Waals surface area contributed by atoms with Crippen LogP contribution in [0.1, 0.15) is 18.4 Å². The van der Waals surface area contributed by atoms with Crippen molar-refractivity contribution in [2.24, 2.45) is 5.92 Å². The Labute approximate surface area is 133 Å². The Bertz CT molecular complexity index is 514. The van der Waals surface area contributed by atoms with E-state index in [0.717, 1.165) is 5.56 Å². The van der Waals surface area contributed by atoms with Crippen molar-refractivity contribution in [1.82, 2.24) is 4.90 Å². The molecule has 4 nitrogen and oxygen atoms in total. The van der Waals surface area contributed by atoms with E-state index < -0.39 is 18.2 Å². The molecule has 0 spiro atoms. The minimum Gasteiger partial charge on any atom is -0.493 e. The molecule has 2 rings (SSSR count). The van der Waals surface area contributed by atoms with Crippen molar-refractivity contribution in [2.75, 3.05) is 27.3 Å². The smallest absolute Gasteiger partial charge is 0.414 e. The zero-order valence-electron chi connectivity index (χ0n) is 13.3. The standard InChI is InChI=1S/C16H22F3NO3/c1-22-13-4-3-11(9-14(13)23-2)10-20-7-5-12(6-8-20)15(21)16(17,18)19/h3-4,9,12,15,21H,5-8,10H2,1-2H3. The number of hydrogen-bond donors (Lipinski definition) is 1. The van der Waals surface area contributed by atoms with Gasteiger partial charge in [0.2, 0.25) is 0 Å². The van der Waals surface area contributed by atoms with E-state index in [1.54, 1.807) is 14.2 Å². The van der Waals surface area contributed by atoms with Crippen LogP contribution in [0.15, 0.2) is 18.2 Å². The van der Waals surface area contributed by atoms with E-state index in [1.807, 2.05) is 18.2 Å². The molecule has 1 aromatic rings. The van der Waals surface area contributed by atoms with Gasteiger partial charge in [-0.05, 0) is 49.5 Å². The summed E-state index contributed by atoms with van der Waals surface area (Å²) in [5.74, 6) is 0.562. The maximum Gasteiger partial charge on any atom is 0.414 e. The van der Waals surface area contributed by atoms with E-state index in [-0.39, 0.29) is 0 Å². The van der Waals surface area contributed by atoms with Crippen molar-refractivity contribution in [3.8, 4) is 11.5 Å². The van der Waals surface area contributed by atoms with Crippen LogP contribution < -0.4 is 9.47 Å². The van der Waals surface area contributed by atoms with Gasteiger partial charge in [-0.1, -0.05) is 6.07 Å². The lowest BCUT2D eigenvalue weighted by Gasteiger charge is -2.34. The van der Waals surface area contributed by atoms with Crippen LogP contribution in [0.2, 0.25) is 0 Å². The molecule has 1 aromatic carbocycles. The number of nitrogens with zero attached hydrogens (tertiary/aromatic N) is 1. The van der Waals surface area contributed by atoms with Gasteiger partial charge in [-0.3, -0.25) is 4.90 Å². The van der Waals surface area contributed by atoms with Gasteiger partial charge in [-0.25, -0.2) is 0 Å². The SMILES string of the molecule is COc1ccc(CN2CCC(C(O)C(F)(F)F)CC2)cc1OC. The zero-order valence-corrected chi connectivity index (χ0v) is 13.3. The molecule has 0 bridgehead atoms. The summed E-state index contributed by atoms with van der Waals surface area (Å²) in [6, 6.07) is 5.60. The van der Waals surface area contributed by atoms with Gasteiger partial charge < -0.3 is 14.6 Å². The highest BCUT2D eigenvalue weighted by Gasteiger charge is 2.44. The maximum atomic E-state index is 12.5. The van der Waals surface area contributed by atoms with Gasteiger partial charge in [0, 0.05) is 6.54 Å². The van der Waals surface area contributed by atoms with Crippen molar-refractivity contribution in [2.45, 2.75) is 31.7 Å². The van der Waals surface area contributed by atoms with Crippen LogP contribution in [0, 0.1) is 5.92 Å². The molecule has 23 heavy (non-hydrogen) atoms. The molecule has 1 N–H and O–H groups in total. The molecule has 130 valence electrons. The first-order valence-corrected chi connectivity index (χ1v) is 7.53. The summed E-state index contributed by atoms with van der Waals surface area (Å²) >= 11 is 0. The van der Waals surface area contributed by atoms with E-state index in [9.17, 15) is 18.3 Å². The predicted molar refractivity (Wildman–Crippen MR) is 79.6 cm³/mol. The quantitative estimate of drug-likeness (QED) is 0.900. The minimum atomic E-state index is -4.53. The molecule has 1 atom stereocenters. The molecular weight excluding hydrogens is 311 g/mol. The molecular formula is C16H22F3NO3. The van der Waals surface area contributed by atoms with E-state index in [1.165, 1.54) is 0 Å². The summed E-state index contributed by atoms with van der Waals surface area (Å²) in [6.45, 7) is 1.70. The Balaban J connectivity index is 1.92. The summed E-state index contributed by atoms with van der Waals surface area (Å²) < 4.78 is 48.1. The fourth-order valence-corrected chi connectivity index (χ4v) is 2.93. The van der Waals surface area contributed by atoms with Gasteiger partial charge in [0.05, 0.1) is 14.2 Å². The normalized spacial score (nSPS) is 18.7. The van der Waals surface area contributed by atoms with Crippen LogP contribution in [-0.4, -0.2) is 49.6 Å². The van der Waals surface area contributed by atoms with Crippen LogP contribution in [0.4, 0.5) is 13.2 Å². The van der Waals surface area contributed by atoms with E-state index in [4.69, 9.17) is 9.47 Å². The second kappa shape index (κ2) is 7.40. The fourth-order valence-electron chi connectivity index (χ4n) is 2.93. The third kappa shape index (κ3) is 4.51. The number of rotatable bonds is 5. The van der Waals surface area contributed by atoms with Gasteiger partial charge in [0.25, 0.3) is 0 Å². The third-order valence-corrected chi connectivity index (χ3v) is 4.27. The van der Waals surface area contributed by atoms with Crippen molar-refractivity contribution < 1.29 is 27.8 Å². The van der Waals surface area contributed by atoms with Crippen molar-refractivity contribution >= 4 is 0 Å². The molecule has 0 saturated carbocycles. The molecule has 1 aliphatic heterocycles. The molecule has 0 aromatic heterocycles. The van der Waals surface area contributed by atoms with Gasteiger partial charge in [0.1, 0.15) is 0 Å². The van der Waals surface area contributed by atoms with Crippen molar-refractivity contribution in [3.63, 3.8) is 0 Å². The maximum absolute atomic E-state index is 12.5. The number of halogens is 3. The number of ether oxygens (including phenoxy) is 2. The van der Waals surface area contributed by atoms with Gasteiger partial charge in [0.15, 0.2) is 17.6 Å². The number of piperidine rings is 1. The van der Waals surface area contributed by atoms with Crippen LogP contribution in [0.5, 0.6) is 11.5 Å². The van der Waals surface area contributed by atoms with Crippen molar-refractivity contribution in [1.29, 1.82) is 0 Å². The largest absolute Gasteiger partial charge is 0.493 e. The third-order valence-electron chi connectivity index (χ3n) is 4.27.